The second kappa shape index (κ2) is 8.82. The average Bonchev–Trinajstić information content (AvgIpc) is 3.28. The lowest BCUT2D eigenvalue weighted by Gasteiger charge is -2.18. The Balaban J connectivity index is 1.40. The summed E-state index contributed by atoms with van der Waals surface area (Å²) in [5.41, 5.74) is 4.36. The number of hydrogen-bond acceptors (Lipinski definition) is 6. The molecule has 4 rings (SSSR count). The van der Waals surface area contributed by atoms with Crippen molar-refractivity contribution in [3.63, 3.8) is 0 Å². The number of anilines is 4. The molecule has 2 N–H and O–H groups in total. The molecule has 3 aromatic rings. The Labute approximate surface area is 172 Å². The van der Waals surface area contributed by atoms with Crippen molar-refractivity contribution in [1.82, 2.24) is 9.97 Å². The highest BCUT2D eigenvalue weighted by atomic mass is 16.5. The van der Waals surface area contributed by atoms with Crippen molar-refractivity contribution in [3.8, 4) is 5.75 Å². The smallest absolute Gasteiger partial charge is 0.225 e. The van der Waals surface area contributed by atoms with Crippen LogP contribution in [0.2, 0.25) is 0 Å². The summed E-state index contributed by atoms with van der Waals surface area (Å²) in [5.74, 6) is 2.24. The molecule has 0 atom stereocenters. The first-order valence-electron chi connectivity index (χ1n) is 10.0. The molecule has 0 aliphatic carbocycles. The zero-order valence-electron chi connectivity index (χ0n) is 17.0. The van der Waals surface area contributed by atoms with Crippen molar-refractivity contribution in [1.29, 1.82) is 0 Å². The molecule has 6 heteroatoms. The molecule has 0 amide bonds. The number of ether oxygens (including phenoxy) is 1. The van der Waals surface area contributed by atoms with E-state index in [0.29, 0.717) is 12.5 Å². The summed E-state index contributed by atoms with van der Waals surface area (Å²) >= 11 is 0. The first-order valence-corrected chi connectivity index (χ1v) is 10.0. The number of benzene rings is 2. The molecule has 0 bridgehead atoms. The van der Waals surface area contributed by atoms with Gasteiger partial charge in [0.05, 0.1) is 7.11 Å². The Morgan fingerprint density at radius 1 is 0.966 bits per heavy atom. The van der Waals surface area contributed by atoms with Gasteiger partial charge >= 0.3 is 0 Å². The van der Waals surface area contributed by atoms with E-state index >= 15 is 0 Å². The van der Waals surface area contributed by atoms with Crippen LogP contribution in [0.5, 0.6) is 5.75 Å². The number of nitrogens with zero attached hydrogens (tertiary/aromatic N) is 3. The third-order valence-corrected chi connectivity index (χ3v) is 5.07. The largest absolute Gasteiger partial charge is 0.497 e. The molecule has 2 aromatic carbocycles. The highest BCUT2D eigenvalue weighted by molar-refractivity contribution is 5.61. The fourth-order valence-electron chi connectivity index (χ4n) is 3.51. The third kappa shape index (κ3) is 4.96. The Hall–Kier alpha value is -3.28. The van der Waals surface area contributed by atoms with E-state index in [-0.39, 0.29) is 0 Å². The van der Waals surface area contributed by atoms with E-state index in [1.165, 1.54) is 18.5 Å². The normalized spacial score (nSPS) is 13.4. The standard InChI is InChI=1S/C23H27N5O/c1-17-15-22(26-19-7-9-20(10-8-19)28-13-3-4-14-28)27-23(25-17)24-16-18-5-11-21(29-2)12-6-18/h5-12,15H,3-4,13-14,16H2,1-2H3,(H2,24,25,26,27). The summed E-state index contributed by atoms with van der Waals surface area (Å²) in [6, 6.07) is 18.5. The van der Waals surface area contributed by atoms with Crippen LogP contribution in [-0.2, 0) is 6.54 Å². The summed E-state index contributed by atoms with van der Waals surface area (Å²) in [6.45, 7) is 4.93. The summed E-state index contributed by atoms with van der Waals surface area (Å²) < 4.78 is 5.20. The second-order valence-electron chi connectivity index (χ2n) is 7.29. The summed E-state index contributed by atoms with van der Waals surface area (Å²) in [7, 11) is 1.67. The first kappa shape index (κ1) is 19.1. The molecule has 29 heavy (non-hydrogen) atoms. The number of aromatic nitrogens is 2. The number of nitrogens with one attached hydrogen (secondary N) is 2. The van der Waals surface area contributed by atoms with Gasteiger partial charge in [0.2, 0.25) is 5.95 Å². The topological polar surface area (TPSA) is 62.3 Å². The summed E-state index contributed by atoms with van der Waals surface area (Å²) in [6.07, 6.45) is 2.57. The second-order valence-corrected chi connectivity index (χ2v) is 7.29. The number of rotatable bonds is 7. The quantitative estimate of drug-likeness (QED) is 0.608. The Morgan fingerprint density at radius 2 is 1.69 bits per heavy atom. The van der Waals surface area contributed by atoms with Crippen molar-refractivity contribution in [2.45, 2.75) is 26.3 Å². The van der Waals surface area contributed by atoms with Crippen LogP contribution in [-0.4, -0.2) is 30.2 Å². The van der Waals surface area contributed by atoms with Crippen LogP contribution >= 0.6 is 0 Å². The minimum absolute atomic E-state index is 0.608. The predicted molar refractivity (Wildman–Crippen MR) is 118 cm³/mol. The lowest BCUT2D eigenvalue weighted by Crippen LogP contribution is -2.17. The van der Waals surface area contributed by atoms with Crippen molar-refractivity contribution in [2.24, 2.45) is 0 Å². The van der Waals surface area contributed by atoms with E-state index in [9.17, 15) is 0 Å². The number of aryl methyl sites for hydroxylation is 1. The minimum Gasteiger partial charge on any atom is -0.497 e. The van der Waals surface area contributed by atoms with Crippen molar-refractivity contribution >= 4 is 23.1 Å². The third-order valence-electron chi connectivity index (χ3n) is 5.07. The Morgan fingerprint density at radius 3 is 2.38 bits per heavy atom. The van der Waals surface area contributed by atoms with E-state index in [1.54, 1.807) is 7.11 Å². The molecule has 0 saturated carbocycles. The van der Waals surface area contributed by atoms with Crippen LogP contribution in [0.3, 0.4) is 0 Å². The molecule has 1 aliphatic rings. The maximum atomic E-state index is 5.20. The van der Waals surface area contributed by atoms with Crippen LogP contribution < -0.4 is 20.3 Å². The van der Waals surface area contributed by atoms with Gasteiger partial charge in [-0.1, -0.05) is 12.1 Å². The van der Waals surface area contributed by atoms with E-state index in [4.69, 9.17) is 4.74 Å². The minimum atomic E-state index is 0.608. The van der Waals surface area contributed by atoms with Gasteiger partial charge < -0.3 is 20.3 Å². The highest BCUT2D eigenvalue weighted by Gasteiger charge is 2.12. The van der Waals surface area contributed by atoms with Crippen LogP contribution in [0.15, 0.2) is 54.6 Å². The van der Waals surface area contributed by atoms with E-state index in [0.717, 1.165) is 41.6 Å². The van der Waals surface area contributed by atoms with Crippen LogP contribution in [0.4, 0.5) is 23.1 Å². The fourth-order valence-corrected chi connectivity index (χ4v) is 3.51. The van der Waals surface area contributed by atoms with Gasteiger partial charge in [0.25, 0.3) is 0 Å². The first-order chi connectivity index (χ1) is 14.2. The van der Waals surface area contributed by atoms with E-state index < -0.39 is 0 Å². The van der Waals surface area contributed by atoms with Crippen molar-refractivity contribution < 1.29 is 4.74 Å². The molecular formula is C23H27N5O. The molecule has 1 fully saturated rings. The molecule has 0 spiro atoms. The van der Waals surface area contributed by atoms with Crippen LogP contribution in [0, 0.1) is 6.92 Å². The molecule has 1 aliphatic heterocycles. The van der Waals surface area contributed by atoms with Crippen LogP contribution in [0.1, 0.15) is 24.1 Å². The molecule has 1 saturated heterocycles. The molecular weight excluding hydrogens is 362 g/mol. The van der Waals surface area contributed by atoms with Gasteiger partial charge in [-0.05, 0) is 61.7 Å². The maximum Gasteiger partial charge on any atom is 0.225 e. The summed E-state index contributed by atoms with van der Waals surface area (Å²) in [4.78, 5) is 11.5. The maximum absolute atomic E-state index is 5.20. The van der Waals surface area contributed by atoms with Gasteiger partial charge in [0.1, 0.15) is 11.6 Å². The van der Waals surface area contributed by atoms with Gasteiger partial charge in [-0.15, -0.1) is 0 Å². The number of hydrogen-bond donors (Lipinski definition) is 2. The van der Waals surface area contributed by atoms with E-state index in [2.05, 4.69) is 49.8 Å². The van der Waals surface area contributed by atoms with Crippen molar-refractivity contribution in [3.05, 3.63) is 65.9 Å². The fraction of sp³-hybridized carbons (Fsp3) is 0.304. The van der Waals surface area contributed by atoms with Crippen molar-refractivity contribution in [2.75, 3.05) is 35.7 Å². The van der Waals surface area contributed by atoms with Gasteiger partial charge in [-0.25, -0.2) is 4.98 Å². The lowest BCUT2D eigenvalue weighted by atomic mass is 10.2. The zero-order chi connectivity index (χ0) is 20.1. The molecule has 1 aromatic heterocycles. The predicted octanol–water partition coefficient (Wildman–Crippen LogP) is 4.75. The monoisotopic (exact) mass is 389 g/mol. The zero-order valence-corrected chi connectivity index (χ0v) is 17.0. The van der Waals surface area contributed by atoms with Gasteiger partial charge in [0, 0.05) is 42.8 Å². The molecule has 2 heterocycles. The lowest BCUT2D eigenvalue weighted by molar-refractivity contribution is 0.414. The highest BCUT2D eigenvalue weighted by Crippen LogP contribution is 2.24. The molecule has 150 valence electrons. The summed E-state index contributed by atoms with van der Waals surface area (Å²) in [5, 5.41) is 6.69. The van der Waals surface area contributed by atoms with Gasteiger partial charge in [0.15, 0.2) is 0 Å². The van der Waals surface area contributed by atoms with Gasteiger partial charge in [-0.3, -0.25) is 0 Å². The van der Waals surface area contributed by atoms with Gasteiger partial charge in [-0.2, -0.15) is 4.98 Å². The average molecular weight is 390 g/mol. The molecule has 0 radical (unpaired) electrons. The number of methoxy groups -OCH3 is 1. The molecule has 6 nitrogen and oxygen atoms in total. The Kier molecular flexibility index (Phi) is 5.79. The SMILES string of the molecule is COc1ccc(CNc2nc(C)cc(Nc3ccc(N4CCCC4)cc3)n2)cc1. The Bertz CT molecular complexity index is 934. The molecule has 0 unspecified atom stereocenters. The van der Waals surface area contributed by atoms with E-state index in [1.807, 2.05) is 37.3 Å². The van der Waals surface area contributed by atoms with Crippen LogP contribution in [0.25, 0.3) is 0 Å².